The van der Waals surface area contributed by atoms with Crippen molar-refractivity contribution >= 4 is 39.5 Å². The van der Waals surface area contributed by atoms with Crippen molar-refractivity contribution in [2.24, 2.45) is 17.8 Å². The number of aliphatic hydroxyl groups is 1. The minimum Gasteiger partial charge on any atom is -0.462 e. The normalized spacial score (nSPS) is 14.2. The first-order chi connectivity index (χ1) is 48.8. The smallest absolute Gasteiger partial charge is 0.462 e. The Labute approximate surface area is 619 Å². The molecule has 101 heavy (non-hydrogen) atoms. The fourth-order valence-corrected chi connectivity index (χ4v) is 14.2. The van der Waals surface area contributed by atoms with Crippen molar-refractivity contribution in [3.05, 3.63) is 0 Å². The second kappa shape index (κ2) is 72.3. The van der Waals surface area contributed by atoms with E-state index >= 15 is 0 Å². The Morgan fingerprint density at radius 1 is 0.287 bits per heavy atom. The van der Waals surface area contributed by atoms with Crippen molar-refractivity contribution < 1.29 is 80.2 Å². The molecule has 0 spiro atoms. The first-order valence-electron chi connectivity index (χ1n) is 42.4. The molecule has 0 radical (unpaired) electrons. The highest BCUT2D eigenvalue weighted by molar-refractivity contribution is 7.47. The van der Waals surface area contributed by atoms with Crippen molar-refractivity contribution in [3.8, 4) is 0 Å². The van der Waals surface area contributed by atoms with Gasteiger partial charge in [0.05, 0.1) is 26.4 Å². The molecule has 0 aliphatic rings. The summed E-state index contributed by atoms with van der Waals surface area (Å²) in [6, 6.07) is 0. The second-order valence-corrected chi connectivity index (χ2v) is 33.6. The third kappa shape index (κ3) is 74.7. The lowest BCUT2D eigenvalue weighted by Gasteiger charge is -2.21. The number of ether oxygens (including phenoxy) is 4. The Hall–Kier alpha value is -1.94. The van der Waals surface area contributed by atoms with Crippen LogP contribution in [0.15, 0.2) is 0 Å². The van der Waals surface area contributed by atoms with Gasteiger partial charge in [-0.25, -0.2) is 9.13 Å². The third-order valence-corrected chi connectivity index (χ3v) is 21.4. The molecule has 0 heterocycles. The Morgan fingerprint density at radius 3 is 0.752 bits per heavy atom. The van der Waals surface area contributed by atoms with E-state index in [1.807, 2.05) is 0 Å². The topological polar surface area (TPSA) is 237 Å². The molecular weight excluding hydrogens is 1320 g/mol. The van der Waals surface area contributed by atoms with Gasteiger partial charge < -0.3 is 33.8 Å². The van der Waals surface area contributed by atoms with Gasteiger partial charge in [-0.3, -0.25) is 37.3 Å². The summed E-state index contributed by atoms with van der Waals surface area (Å²) in [6.07, 6.45) is 60.9. The molecule has 0 rings (SSSR count). The Bertz CT molecular complexity index is 1960. The van der Waals surface area contributed by atoms with E-state index in [-0.39, 0.29) is 25.7 Å². The standard InChI is InChI=1S/C82H160O17P2/c1-8-10-11-12-13-14-15-22-30-35-44-51-58-65-81(86)99-78(70-93-80(85)64-57-50-43-38-37-41-48-55-62-75(7)9-2)72-97-101(90,91)95-68-76(83)67-94-100(88,89)96-71-77(98-82(87)66-59-52-45-36-31-26-21-17-19-24-28-33-40-47-54-61-74(5)6)69-92-79(84)63-56-49-42-34-29-25-20-16-18-23-27-32-39-46-53-60-73(3)4/h73-78,83H,8-72H2,1-7H3,(H,88,89)(H,90,91)/t75?,76-,77-,78-/m1/s1. The maximum absolute atomic E-state index is 13.1. The Morgan fingerprint density at radius 2 is 0.505 bits per heavy atom. The molecule has 0 saturated heterocycles. The molecule has 0 amide bonds. The number of carbonyl (C=O) groups excluding carboxylic acids is 4. The van der Waals surface area contributed by atoms with Gasteiger partial charge in [-0.15, -0.1) is 0 Å². The number of hydrogen-bond acceptors (Lipinski definition) is 15. The van der Waals surface area contributed by atoms with E-state index < -0.39 is 97.5 Å². The van der Waals surface area contributed by atoms with Gasteiger partial charge in [0.15, 0.2) is 12.2 Å². The second-order valence-electron chi connectivity index (χ2n) is 30.7. The lowest BCUT2D eigenvalue weighted by atomic mass is 9.99. The monoisotopic (exact) mass is 1480 g/mol. The average Bonchev–Trinajstić information content (AvgIpc) is 0.993. The largest absolute Gasteiger partial charge is 0.472 e. The zero-order chi connectivity index (χ0) is 74.4. The fourth-order valence-electron chi connectivity index (χ4n) is 12.6. The van der Waals surface area contributed by atoms with E-state index in [1.54, 1.807) is 0 Å². The molecule has 0 saturated carbocycles. The van der Waals surface area contributed by atoms with Crippen LogP contribution < -0.4 is 0 Å². The van der Waals surface area contributed by atoms with Crippen LogP contribution in [0.2, 0.25) is 0 Å². The van der Waals surface area contributed by atoms with Crippen LogP contribution in [0.3, 0.4) is 0 Å². The molecule has 3 unspecified atom stereocenters. The van der Waals surface area contributed by atoms with Crippen LogP contribution in [0.1, 0.15) is 427 Å². The number of rotatable bonds is 80. The molecular formula is C82H160O17P2. The summed E-state index contributed by atoms with van der Waals surface area (Å²) in [4.78, 5) is 73.1. The van der Waals surface area contributed by atoms with Gasteiger partial charge in [-0.1, -0.05) is 376 Å². The van der Waals surface area contributed by atoms with Gasteiger partial charge >= 0.3 is 39.5 Å². The molecule has 0 aromatic carbocycles. The van der Waals surface area contributed by atoms with Gasteiger partial charge in [-0.05, 0) is 43.4 Å². The summed E-state index contributed by atoms with van der Waals surface area (Å²) in [5, 5.41) is 10.7. The van der Waals surface area contributed by atoms with Crippen LogP contribution in [0, 0.1) is 17.8 Å². The highest BCUT2D eigenvalue weighted by Crippen LogP contribution is 2.45. The van der Waals surface area contributed by atoms with Gasteiger partial charge in [0.2, 0.25) is 0 Å². The molecule has 0 aromatic rings. The summed E-state index contributed by atoms with van der Waals surface area (Å²) in [5.41, 5.74) is 0. The molecule has 19 heteroatoms. The van der Waals surface area contributed by atoms with Gasteiger partial charge in [0, 0.05) is 25.7 Å². The van der Waals surface area contributed by atoms with Crippen molar-refractivity contribution in [2.45, 2.75) is 446 Å². The molecule has 0 aliphatic heterocycles. The molecule has 600 valence electrons. The van der Waals surface area contributed by atoms with Crippen LogP contribution in [0.25, 0.3) is 0 Å². The van der Waals surface area contributed by atoms with E-state index in [9.17, 15) is 43.2 Å². The Kier molecular flexibility index (Phi) is 70.9. The minimum absolute atomic E-state index is 0.107. The van der Waals surface area contributed by atoms with E-state index in [0.717, 1.165) is 108 Å². The number of phosphoric acid groups is 2. The maximum Gasteiger partial charge on any atom is 0.472 e. The zero-order valence-electron chi connectivity index (χ0n) is 66.4. The summed E-state index contributed by atoms with van der Waals surface area (Å²) in [7, 11) is -9.92. The summed E-state index contributed by atoms with van der Waals surface area (Å²) >= 11 is 0. The molecule has 17 nitrogen and oxygen atoms in total. The van der Waals surface area contributed by atoms with Crippen LogP contribution in [0.4, 0.5) is 0 Å². The first-order valence-corrected chi connectivity index (χ1v) is 45.4. The summed E-state index contributed by atoms with van der Waals surface area (Å²) in [6.45, 7) is 12.0. The SMILES string of the molecule is CCCCCCCCCCCCCCCC(=O)O[C@H](COC(=O)CCCCCCCCCCC(C)CC)COP(=O)(O)OC[C@H](O)COP(=O)(O)OC[C@@H](COC(=O)CCCCCCCCCCCCCCCCCC(C)C)OC(=O)CCCCCCCCCCCCCCCCCC(C)C. The quantitative estimate of drug-likeness (QED) is 0.0222. The van der Waals surface area contributed by atoms with Gasteiger partial charge in [0.25, 0.3) is 0 Å². The molecule has 0 bridgehead atoms. The number of unbranched alkanes of at least 4 members (excludes halogenated alkanes) is 47. The van der Waals surface area contributed by atoms with E-state index in [2.05, 4.69) is 48.5 Å². The van der Waals surface area contributed by atoms with Crippen LogP contribution in [-0.4, -0.2) is 96.7 Å². The van der Waals surface area contributed by atoms with Crippen LogP contribution >= 0.6 is 15.6 Å². The fraction of sp³-hybridized carbons (Fsp3) is 0.951. The number of carbonyl (C=O) groups is 4. The van der Waals surface area contributed by atoms with E-state index in [0.29, 0.717) is 25.7 Å². The summed E-state index contributed by atoms with van der Waals surface area (Å²) < 4.78 is 68.8. The van der Waals surface area contributed by atoms with Crippen molar-refractivity contribution in [1.29, 1.82) is 0 Å². The lowest BCUT2D eigenvalue weighted by molar-refractivity contribution is -0.161. The average molecular weight is 1480 g/mol. The summed E-state index contributed by atoms with van der Waals surface area (Å²) in [5.74, 6) is 0.279. The van der Waals surface area contributed by atoms with E-state index in [4.69, 9.17) is 37.0 Å². The third-order valence-electron chi connectivity index (χ3n) is 19.5. The van der Waals surface area contributed by atoms with Gasteiger partial charge in [0.1, 0.15) is 19.3 Å². The predicted molar refractivity (Wildman–Crippen MR) is 414 cm³/mol. The predicted octanol–water partition coefficient (Wildman–Crippen LogP) is 24.5. The molecule has 0 fully saturated rings. The number of esters is 4. The van der Waals surface area contributed by atoms with Crippen molar-refractivity contribution in [1.82, 2.24) is 0 Å². The van der Waals surface area contributed by atoms with Gasteiger partial charge in [-0.2, -0.15) is 0 Å². The lowest BCUT2D eigenvalue weighted by Crippen LogP contribution is -2.30. The number of hydrogen-bond donors (Lipinski definition) is 3. The first kappa shape index (κ1) is 99.1. The Balaban J connectivity index is 5.26. The van der Waals surface area contributed by atoms with Crippen LogP contribution in [0.5, 0.6) is 0 Å². The number of phosphoric ester groups is 2. The van der Waals surface area contributed by atoms with Crippen molar-refractivity contribution in [2.75, 3.05) is 39.6 Å². The maximum atomic E-state index is 13.1. The highest BCUT2D eigenvalue weighted by atomic mass is 31.2. The number of aliphatic hydroxyl groups excluding tert-OH is 1. The highest BCUT2D eigenvalue weighted by Gasteiger charge is 2.30. The van der Waals surface area contributed by atoms with Crippen LogP contribution in [-0.2, 0) is 65.4 Å². The van der Waals surface area contributed by atoms with E-state index in [1.165, 1.54) is 238 Å². The molecule has 0 aromatic heterocycles. The molecule has 3 N–H and O–H groups in total. The zero-order valence-corrected chi connectivity index (χ0v) is 68.2. The molecule has 0 aliphatic carbocycles. The van der Waals surface area contributed by atoms with Crippen molar-refractivity contribution in [3.63, 3.8) is 0 Å². The molecule has 6 atom stereocenters. The minimum atomic E-state index is -4.96.